The summed E-state index contributed by atoms with van der Waals surface area (Å²) in [5, 5.41) is 0. The molecule has 0 bridgehead atoms. The Bertz CT molecular complexity index is 586. The maximum atomic E-state index is 13.2. The Balaban J connectivity index is 2.25. The summed E-state index contributed by atoms with van der Waals surface area (Å²) in [7, 11) is 1.92. The topological polar surface area (TPSA) is 55.0 Å². The fourth-order valence-electron chi connectivity index (χ4n) is 2.22. The second-order valence-corrected chi connectivity index (χ2v) is 4.80. The second-order valence-electron chi connectivity index (χ2n) is 4.80. The molecule has 1 heterocycles. The predicted molar refractivity (Wildman–Crippen MR) is 78.9 cm³/mol. The van der Waals surface area contributed by atoms with Gasteiger partial charge in [-0.05, 0) is 24.1 Å². The van der Waals surface area contributed by atoms with E-state index in [1.165, 1.54) is 18.5 Å². The SMILES string of the molecule is CCCc1c(N)ncnc1N(C)Cc1cccc(F)c1. The van der Waals surface area contributed by atoms with Crippen LogP contribution in [0.1, 0.15) is 24.5 Å². The molecule has 0 aliphatic rings. The molecular formula is C15H19FN4. The highest BCUT2D eigenvalue weighted by Crippen LogP contribution is 2.23. The highest BCUT2D eigenvalue weighted by Gasteiger charge is 2.13. The Morgan fingerprint density at radius 2 is 2.10 bits per heavy atom. The Hall–Kier alpha value is -2.17. The van der Waals surface area contributed by atoms with Crippen molar-refractivity contribution in [2.45, 2.75) is 26.3 Å². The molecule has 0 amide bonds. The van der Waals surface area contributed by atoms with Crippen LogP contribution in [0.3, 0.4) is 0 Å². The summed E-state index contributed by atoms with van der Waals surface area (Å²) in [5.74, 6) is 1.10. The van der Waals surface area contributed by atoms with Crippen molar-refractivity contribution in [3.63, 3.8) is 0 Å². The van der Waals surface area contributed by atoms with E-state index in [4.69, 9.17) is 5.73 Å². The number of halogens is 1. The van der Waals surface area contributed by atoms with E-state index in [0.29, 0.717) is 12.4 Å². The van der Waals surface area contributed by atoms with Crippen molar-refractivity contribution in [2.24, 2.45) is 0 Å². The number of hydrogen-bond acceptors (Lipinski definition) is 4. The minimum Gasteiger partial charge on any atom is -0.383 e. The number of anilines is 2. The lowest BCUT2D eigenvalue weighted by Gasteiger charge is -2.21. The van der Waals surface area contributed by atoms with Gasteiger partial charge < -0.3 is 10.6 Å². The van der Waals surface area contributed by atoms with E-state index >= 15 is 0 Å². The first-order valence-corrected chi connectivity index (χ1v) is 6.66. The molecule has 0 fully saturated rings. The van der Waals surface area contributed by atoms with Crippen LogP contribution in [0.25, 0.3) is 0 Å². The first kappa shape index (κ1) is 14.2. The number of nitrogens with zero attached hydrogens (tertiary/aromatic N) is 3. The van der Waals surface area contributed by atoms with Crippen LogP contribution in [0, 0.1) is 5.82 Å². The zero-order chi connectivity index (χ0) is 14.5. The summed E-state index contributed by atoms with van der Waals surface area (Å²) >= 11 is 0. The number of hydrogen-bond donors (Lipinski definition) is 1. The minimum absolute atomic E-state index is 0.230. The van der Waals surface area contributed by atoms with Gasteiger partial charge in [0.1, 0.15) is 23.8 Å². The molecule has 0 spiro atoms. The summed E-state index contributed by atoms with van der Waals surface area (Å²) in [6, 6.07) is 6.57. The fraction of sp³-hybridized carbons (Fsp3) is 0.333. The quantitative estimate of drug-likeness (QED) is 0.911. The van der Waals surface area contributed by atoms with Crippen LogP contribution in [0.2, 0.25) is 0 Å². The van der Waals surface area contributed by atoms with Gasteiger partial charge in [0, 0.05) is 19.2 Å². The van der Waals surface area contributed by atoms with E-state index in [9.17, 15) is 4.39 Å². The van der Waals surface area contributed by atoms with Crippen LogP contribution in [0.15, 0.2) is 30.6 Å². The van der Waals surface area contributed by atoms with Gasteiger partial charge in [0.2, 0.25) is 0 Å². The Morgan fingerprint density at radius 1 is 1.30 bits per heavy atom. The number of nitrogens with two attached hydrogens (primary N) is 1. The zero-order valence-electron chi connectivity index (χ0n) is 11.8. The first-order valence-electron chi connectivity index (χ1n) is 6.66. The van der Waals surface area contributed by atoms with E-state index in [1.807, 2.05) is 18.0 Å². The summed E-state index contributed by atoms with van der Waals surface area (Å²) in [5.41, 5.74) is 7.77. The van der Waals surface area contributed by atoms with Gasteiger partial charge >= 0.3 is 0 Å². The van der Waals surface area contributed by atoms with Gasteiger partial charge in [0.15, 0.2) is 0 Å². The molecular weight excluding hydrogens is 255 g/mol. The van der Waals surface area contributed by atoms with E-state index in [2.05, 4.69) is 16.9 Å². The van der Waals surface area contributed by atoms with E-state index in [1.54, 1.807) is 6.07 Å². The molecule has 0 saturated carbocycles. The van der Waals surface area contributed by atoms with Gasteiger partial charge in [-0.2, -0.15) is 0 Å². The van der Waals surface area contributed by atoms with Crippen LogP contribution in [-0.2, 0) is 13.0 Å². The molecule has 0 unspecified atom stereocenters. The largest absolute Gasteiger partial charge is 0.383 e. The minimum atomic E-state index is -0.230. The fourth-order valence-corrected chi connectivity index (χ4v) is 2.22. The second kappa shape index (κ2) is 6.32. The molecule has 2 rings (SSSR count). The third kappa shape index (κ3) is 3.23. The summed E-state index contributed by atoms with van der Waals surface area (Å²) in [6.45, 7) is 2.66. The van der Waals surface area contributed by atoms with Crippen molar-refractivity contribution in [1.29, 1.82) is 0 Å². The van der Waals surface area contributed by atoms with Crippen molar-refractivity contribution >= 4 is 11.6 Å². The van der Waals surface area contributed by atoms with Crippen molar-refractivity contribution in [3.05, 3.63) is 47.5 Å². The number of rotatable bonds is 5. The molecule has 1 aromatic carbocycles. The van der Waals surface area contributed by atoms with Crippen molar-refractivity contribution < 1.29 is 4.39 Å². The molecule has 4 nitrogen and oxygen atoms in total. The maximum Gasteiger partial charge on any atom is 0.137 e. The highest BCUT2D eigenvalue weighted by atomic mass is 19.1. The smallest absolute Gasteiger partial charge is 0.137 e. The van der Waals surface area contributed by atoms with Crippen LogP contribution in [0.4, 0.5) is 16.0 Å². The lowest BCUT2D eigenvalue weighted by atomic mass is 10.1. The van der Waals surface area contributed by atoms with E-state index in [0.717, 1.165) is 29.8 Å². The Labute approximate surface area is 118 Å². The van der Waals surface area contributed by atoms with Gasteiger partial charge in [-0.1, -0.05) is 25.5 Å². The molecule has 0 atom stereocenters. The Morgan fingerprint density at radius 3 is 2.80 bits per heavy atom. The predicted octanol–water partition coefficient (Wildman–Crippen LogP) is 2.79. The van der Waals surface area contributed by atoms with Gasteiger partial charge in [0.05, 0.1) is 0 Å². The molecule has 0 radical (unpaired) electrons. The maximum absolute atomic E-state index is 13.2. The average molecular weight is 274 g/mol. The van der Waals surface area contributed by atoms with Gasteiger partial charge in [-0.15, -0.1) is 0 Å². The molecule has 2 aromatic rings. The monoisotopic (exact) mass is 274 g/mol. The highest BCUT2D eigenvalue weighted by molar-refractivity contribution is 5.56. The van der Waals surface area contributed by atoms with Gasteiger partial charge in [0.25, 0.3) is 0 Å². The number of aromatic nitrogens is 2. The zero-order valence-corrected chi connectivity index (χ0v) is 11.8. The van der Waals surface area contributed by atoms with Crippen LogP contribution in [0.5, 0.6) is 0 Å². The van der Waals surface area contributed by atoms with Crippen molar-refractivity contribution in [1.82, 2.24) is 9.97 Å². The summed E-state index contributed by atoms with van der Waals surface area (Å²) in [4.78, 5) is 10.3. The molecule has 20 heavy (non-hydrogen) atoms. The first-order chi connectivity index (χ1) is 9.61. The molecule has 1 aromatic heterocycles. The third-order valence-electron chi connectivity index (χ3n) is 3.13. The van der Waals surface area contributed by atoms with Crippen molar-refractivity contribution in [3.8, 4) is 0 Å². The van der Waals surface area contributed by atoms with Gasteiger partial charge in [-0.25, -0.2) is 14.4 Å². The van der Waals surface area contributed by atoms with E-state index in [-0.39, 0.29) is 5.82 Å². The molecule has 2 N–H and O–H groups in total. The molecule has 0 aliphatic heterocycles. The van der Waals surface area contributed by atoms with E-state index < -0.39 is 0 Å². The van der Waals surface area contributed by atoms with Crippen LogP contribution in [-0.4, -0.2) is 17.0 Å². The van der Waals surface area contributed by atoms with Crippen LogP contribution >= 0.6 is 0 Å². The van der Waals surface area contributed by atoms with Crippen LogP contribution < -0.4 is 10.6 Å². The lowest BCUT2D eigenvalue weighted by molar-refractivity contribution is 0.625. The molecule has 106 valence electrons. The van der Waals surface area contributed by atoms with Gasteiger partial charge in [-0.3, -0.25) is 0 Å². The number of benzene rings is 1. The lowest BCUT2D eigenvalue weighted by Crippen LogP contribution is -2.20. The third-order valence-corrected chi connectivity index (χ3v) is 3.13. The summed E-state index contributed by atoms with van der Waals surface area (Å²) in [6.07, 6.45) is 3.26. The standard InChI is InChI=1S/C15H19FN4/c1-3-5-13-14(17)18-10-19-15(13)20(2)9-11-6-4-7-12(16)8-11/h4,6-8,10H,3,5,9H2,1-2H3,(H2,17,18,19). The number of nitrogen functional groups attached to an aromatic ring is 1. The summed E-state index contributed by atoms with van der Waals surface area (Å²) < 4.78 is 13.2. The normalized spacial score (nSPS) is 10.6. The molecule has 5 heteroatoms. The average Bonchev–Trinajstić information content (AvgIpc) is 2.41. The van der Waals surface area contributed by atoms with Crippen molar-refractivity contribution in [2.75, 3.05) is 17.7 Å². The molecule has 0 aliphatic carbocycles. The molecule has 0 saturated heterocycles. The Kier molecular flexibility index (Phi) is 4.50.